The van der Waals surface area contributed by atoms with Gasteiger partial charge in [0.05, 0.1) is 11.1 Å². The van der Waals surface area contributed by atoms with Crippen molar-refractivity contribution < 1.29 is 4.79 Å². The average molecular weight is 261 g/mol. The lowest BCUT2D eigenvalue weighted by Crippen LogP contribution is -2.56. The number of aromatic nitrogens is 1. The molecule has 0 aromatic carbocycles. The molecule has 1 fully saturated rings. The molecule has 4 heteroatoms. The van der Waals surface area contributed by atoms with Gasteiger partial charge in [0, 0.05) is 18.4 Å². The highest BCUT2D eigenvalue weighted by molar-refractivity contribution is 5.94. The highest BCUT2D eigenvalue weighted by Crippen LogP contribution is 2.31. The summed E-state index contributed by atoms with van der Waals surface area (Å²) in [5.41, 5.74) is 7.21. The van der Waals surface area contributed by atoms with Crippen molar-refractivity contribution in [3.63, 3.8) is 0 Å². The van der Waals surface area contributed by atoms with Gasteiger partial charge in [0.1, 0.15) is 0 Å². The van der Waals surface area contributed by atoms with Crippen LogP contribution in [0.3, 0.4) is 0 Å². The van der Waals surface area contributed by atoms with Crippen LogP contribution < -0.4 is 11.1 Å². The zero-order chi connectivity index (χ0) is 13.9. The zero-order valence-corrected chi connectivity index (χ0v) is 11.8. The maximum atomic E-state index is 12.3. The lowest BCUT2D eigenvalue weighted by Gasteiger charge is -2.40. The maximum Gasteiger partial charge on any atom is 0.253 e. The minimum absolute atomic E-state index is 0.0629. The number of hydrogen-bond donors (Lipinski definition) is 2. The van der Waals surface area contributed by atoms with E-state index in [9.17, 15) is 4.79 Å². The SMILES string of the molecule is Cc1ccc(C(=O)NC2(CN)CCCC(C)C2)cn1. The van der Waals surface area contributed by atoms with E-state index >= 15 is 0 Å². The first kappa shape index (κ1) is 14.0. The minimum atomic E-state index is -0.236. The number of pyridine rings is 1. The number of aryl methyl sites for hydroxylation is 1. The standard InChI is InChI=1S/C15H23N3O/c1-11-4-3-7-15(8-11,10-16)18-14(19)13-6-5-12(2)17-9-13/h5-6,9,11H,3-4,7-8,10,16H2,1-2H3,(H,18,19). The second kappa shape index (κ2) is 5.70. The van der Waals surface area contributed by atoms with E-state index in [4.69, 9.17) is 5.73 Å². The van der Waals surface area contributed by atoms with Gasteiger partial charge in [-0.25, -0.2) is 0 Å². The molecule has 2 unspecified atom stereocenters. The Morgan fingerprint density at radius 2 is 2.37 bits per heavy atom. The Kier molecular flexibility index (Phi) is 4.20. The first-order valence-electron chi connectivity index (χ1n) is 7.00. The van der Waals surface area contributed by atoms with E-state index in [0.29, 0.717) is 18.0 Å². The van der Waals surface area contributed by atoms with Crippen molar-refractivity contribution >= 4 is 5.91 Å². The predicted octanol–water partition coefficient (Wildman–Crippen LogP) is 2.03. The minimum Gasteiger partial charge on any atom is -0.345 e. The van der Waals surface area contributed by atoms with Gasteiger partial charge in [0.2, 0.25) is 0 Å². The van der Waals surface area contributed by atoms with Crippen LogP contribution in [0.1, 0.15) is 48.7 Å². The third-order valence-electron chi connectivity index (χ3n) is 4.03. The van der Waals surface area contributed by atoms with Crippen molar-refractivity contribution in [3.05, 3.63) is 29.6 Å². The monoisotopic (exact) mass is 261 g/mol. The summed E-state index contributed by atoms with van der Waals surface area (Å²) < 4.78 is 0. The van der Waals surface area contributed by atoms with Crippen LogP contribution in [0.2, 0.25) is 0 Å². The van der Waals surface area contributed by atoms with Crippen LogP contribution in [0.4, 0.5) is 0 Å². The molecule has 1 aromatic rings. The summed E-state index contributed by atoms with van der Waals surface area (Å²) in [5, 5.41) is 3.14. The molecule has 1 aliphatic rings. The van der Waals surface area contributed by atoms with Gasteiger partial charge in [-0.05, 0) is 37.8 Å². The molecule has 3 N–H and O–H groups in total. The number of carbonyl (C=O) groups is 1. The molecule has 19 heavy (non-hydrogen) atoms. The summed E-state index contributed by atoms with van der Waals surface area (Å²) in [6, 6.07) is 3.67. The van der Waals surface area contributed by atoms with E-state index in [1.54, 1.807) is 6.20 Å². The summed E-state index contributed by atoms with van der Waals surface area (Å²) in [5.74, 6) is 0.556. The van der Waals surface area contributed by atoms with Crippen molar-refractivity contribution in [1.29, 1.82) is 0 Å². The van der Waals surface area contributed by atoms with Crippen molar-refractivity contribution in [2.45, 2.75) is 45.1 Å². The first-order chi connectivity index (χ1) is 9.04. The fourth-order valence-corrected chi connectivity index (χ4v) is 2.93. The van der Waals surface area contributed by atoms with Crippen molar-refractivity contribution in [2.24, 2.45) is 11.7 Å². The molecular formula is C15H23N3O. The molecular weight excluding hydrogens is 238 g/mol. The lowest BCUT2D eigenvalue weighted by molar-refractivity contribution is 0.0853. The first-order valence-corrected chi connectivity index (χ1v) is 7.00. The third kappa shape index (κ3) is 3.32. The largest absolute Gasteiger partial charge is 0.345 e. The summed E-state index contributed by atoms with van der Waals surface area (Å²) in [6.45, 7) is 4.64. The third-order valence-corrected chi connectivity index (χ3v) is 4.03. The summed E-state index contributed by atoms with van der Waals surface area (Å²) in [7, 11) is 0. The van der Waals surface area contributed by atoms with Gasteiger partial charge >= 0.3 is 0 Å². The van der Waals surface area contributed by atoms with Gasteiger partial charge in [0.15, 0.2) is 0 Å². The van der Waals surface area contributed by atoms with Crippen LogP contribution >= 0.6 is 0 Å². The average Bonchev–Trinajstić information content (AvgIpc) is 2.39. The molecule has 1 saturated carbocycles. The Morgan fingerprint density at radius 1 is 1.58 bits per heavy atom. The summed E-state index contributed by atoms with van der Waals surface area (Å²) in [6.07, 6.45) is 5.92. The number of nitrogens with zero attached hydrogens (tertiary/aromatic N) is 1. The molecule has 1 aromatic heterocycles. The fourth-order valence-electron chi connectivity index (χ4n) is 2.93. The van der Waals surface area contributed by atoms with Crippen molar-refractivity contribution in [2.75, 3.05) is 6.54 Å². The van der Waals surface area contributed by atoms with E-state index < -0.39 is 0 Å². The second-order valence-corrected chi connectivity index (χ2v) is 5.83. The van der Waals surface area contributed by atoms with Gasteiger partial charge in [-0.1, -0.05) is 19.8 Å². The quantitative estimate of drug-likeness (QED) is 0.874. The molecule has 0 bridgehead atoms. The van der Waals surface area contributed by atoms with Gasteiger partial charge < -0.3 is 11.1 Å². The normalized spacial score (nSPS) is 27.0. The molecule has 1 aliphatic carbocycles. The Labute approximate surface area is 114 Å². The molecule has 0 saturated heterocycles. The molecule has 2 atom stereocenters. The summed E-state index contributed by atoms with van der Waals surface area (Å²) in [4.78, 5) is 16.5. The molecule has 1 amide bonds. The van der Waals surface area contributed by atoms with Gasteiger partial charge in [-0.3, -0.25) is 9.78 Å². The highest BCUT2D eigenvalue weighted by Gasteiger charge is 2.35. The molecule has 1 heterocycles. The van der Waals surface area contributed by atoms with Crippen LogP contribution in [0.25, 0.3) is 0 Å². The molecule has 4 nitrogen and oxygen atoms in total. The topological polar surface area (TPSA) is 68.0 Å². The molecule has 104 valence electrons. The number of amides is 1. The van der Waals surface area contributed by atoms with E-state index in [1.807, 2.05) is 19.1 Å². The Balaban J connectivity index is 2.09. The Morgan fingerprint density at radius 3 is 2.95 bits per heavy atom. The van der Waals surface area contributed by atoms with E-state index in [1.165, 1.54) is 6.42 Å². The van der Waals surface area contributed by atoms with E-state index in [-0.39, 0.29) is 11.4 Å². The molecule has 0 aliphatic heterocycles. The van der Waals surface area contributed by atoms with Gasteiger partial charge in [-0.2, -0.15) is 0 Å². The molecule has 0 spiro atoms. The Bertz CT molecular complexity index is 443. The van der Waals surface area contributed by atoms with Gasteiger partial charge in [-0.15, -0.1) is 0 Å². The fraction of sp³-hybridized carbons (Fsp3) is 0.600. The lowest BCUT2D eigenvalue weighted by atomic mass is 9.76. The highest BCUT2D eigenvalue weighted by atomic mass is 16.1. The van der Waals surface area contributed by atoms with E-state index in [2.05, 4.69) is 17.2 Å². The number of rotatable bonds is 3. The molecule has 0 radical (unpaired) electrons. The van der Waals surface area contributed by atoms with Crippen molar-refractivity contribution in [3.8, 4) is 0 Å². The molecule has 2 rings (SSSR count). The Hall–Kier alpha value is -1.42. The van der Waals surface area contributed by atoms with Crippen LogP contribution in [-0.2, 0) is 0 Å². The number of nitrogens with two attached hydrogens (primary N) is 1. The summed E-state index contributed by atoms with van der Waals surface area (Å²) >= 11 is 0. The van der Waals surface area contributed by atoms with Crippen molar-refractivity contribution in [1.82, 2.24) is 10.3 Å². The van der Waals surface area contributed by atoms with Crippen LogP contribution in [-0.4, -0.2) is 23.0 Å². The number of hydrogen-bond acceptors (Lipinski definition) is 3. The maximum absolute atomic E-state index is 12.3. The predicted molar refractivity (Wildman–Crippen MR) is 75.9 cm³/mol. The smallest absolute Gasteiger partial charge is 0.253 e. The number of nitrogens with one attached hydrogen (secondary N) is 1. The van der Waals surface area contributed by atoms with Crippen LogP contribution in [0, 0.1) is 12.8 Å². The van der Waals surface area contributed by atoms with E-state index in [0.717, 1.165) is 25.0 Å². The van der Waals surface area contributed by atoms with Crippen LogP contribution in [0.5, 0.6) is 0 Å². The second-order valence-electron chi connectivity index (χ2n) is 5.83. The zero-order valence-electron chi connectivity index (χ0n) is 11.8. The van der Waals surface area contributed by atoms with Crippen LogP contribution in [0.15, 0.2) is 18.3 Å². The van der Waals surface area contributed by atoms with Gasteiger partial charge in [0.25, 0.3) is 5.91 Å². The number of carbonyl (C=O) groups excluding carboxylic acids is 1.